The van der Waals surface area contributed by atoms with E-state index in [-0.39, 0.29) is 25.3 Å². The predicted octanol–water partition coefficient (Wildman–Crippen LogP) is 3.40. The Balaban J connectivity index is 1.98. The lowest BCUT2D eigenvalue weighted by molar-refractivity contribution is -0.143. The second kappa shape index (κ2) is 13.1. The van der Waals surface area contributed by atoms with Gasteiger partial charge in [0.1, 0.15) is 19.2 Å². The molecule has 2 aromatic rings. The molecule has 1 atom stereocenters. The molecule has 9 nitrogen and oxygen atoms in total. The van der Waals surface area contributed by atoms with E-state index < -0.39 is 29.9 Å². The smallest absolute Gasteiger partial charge is 0.411 e. The summed E-state index contributed by atoms with van der Waals surface area (Å²) in [5.41, 5.74) is 1.98. The zero-order valence-electron chi connectivity index (χ0n) is 18.9. The Morgan fingerprint density at radius 2 is 1.65 bits per heavy atom. The molecule has 0 saturated carbocycles. The van der Waals surface area contributed by atoms with Gasteiger partial charge in [-0.05, 0) is 43.7 Å². The normalized spacial score (nSPS) is 11.0. The van der Waals surface area contributed by atoms with E-state index in [0.29, 0.717) is 11.3 Å². The van der Waals surface area contributed by atoms with E-state index in [2.05, 4.69) is 38.5 Å². The molecule has 0 spiro atoms. The van der Waals surface area contributed by atoms with Crippen LogP contribution in [0.1, 0.15) is 24.1 Å². The summed E-state index contributed by atoms with van der Waals surface area (Å²) in [5, 5.41) is 7.54. The van der Waals surface area contributed by atoms with Gasteiger partial charge in [-0.25, -0.2) is 4.79 Å². The van der Waals surface area contributed by atoms with Crippen molar-refractivity contribution >= 4 is 45.5 Å². The van der Waals surface area contributed by atoms with E-state index in [1.54, 1.807) is 43.3 Å². The molecule has 3 amide bonds. The van der Waals surface area contributed by atoms with Crippen LogP contribution in [0.3, 0.4) is 0 Å². The van der Waals surface area contributed by atoms with Crippen molar-refractivity contribution in [2.24, 2.45) is 0 Å². The van der Waals surface area contributed by atoms with Gasteiger partial charge in [0.15, 0.2) is 0 Å². The quantitative estimate of drug-likeness (QED) is 0.319. The third-order valence-electron chi connectivity index (χ3n) is 4.45. The fourth-order valence-corrected chi connectivity index (χ4v) is 2.94. The van der Waals surface area contributed by atoms with Gasteiger partial charge in [-0.1, -0.05) is 52.3 Å². The largest absolute Gasteiger partial charge is 0.465 e. The third kappa shape index (κ3) is 8.70. The van der Waals surface area contributed by atoms with E-state index >= 15 is 0 Å². The standard InChI is InChI=1S/C24H26BrN3O6/c1-4-33-20(29)13-26-23(31)21(17-7-9-18(25)10-8-17)28-22(30)16(3)14-34-24(32)27-19-11-5-15(2)6-12-19/h5-12,21H,3-4,13-14H2,1-2H3,(H,26,31)(H,27,32)(H,28,30). The van der Waals surface area contributed by atoms with Gasteiger partial charge < -0.3 is 20.1 Å². The Morgan fingerprint density at radius 1 is 1.00 bits per heavy atom. The first kappa shape index (κ1) is 26.6. The molecule has 0 fully saturated rings. The van der Waals surface area contributed by atoms with Crippen LogP contribution < -0.4 is 16.0 Å². The number of hydrogen-bond donors (Lipinski definition) is 3. The molecule has 10 heteroatoms. The minimum Gasteiger partial charge on any atom is -0.465 e. The Labute approximate surface area is 206 Å². The second-order valence-electron chi connectivity index (χ2n) is 7.15. The minimum atomic E-state index is -1.12. The number of carbonyl (C=O) groups is 4. The summed E-state index contributed by atoms with van der Waals surface area (Å²) in [6.07, 6.45) is -0.755. The van der Waals surface area contributed by atoms with Crippen molar-refractivity contribution in [2.45, 2.75) is 19.9 Å². The molecule has 0 aliphatic heterocycles. The number of aryl methyl sites for hydroxylation is 1. The van der Waals surface area contributed by atoms with E-state index in [4.69, 9.17) is 9.47 Å². The minimum absolute atomic E-state index is 0.0700. The Hall–Kier alpha value is -3.66. The maximum absolute atomic E-state index is 12.7. The van der Waals surface area contributed by atoms with Crippen LogP contribution >= 0.6 is 15.9 Å². The molecular formula is C24H26BrN3O6. The molecule has 0 heterocycles. The van der Waals surface area contributed by atoms with Crippen LogP contribution in [0.4, 0.5) is 10.5 Å². The first-order chi connectivity index (χ1) is 16.2. The maximum Gasteiger partial charge on any atom is 0.411 e. The van der Waals surface area contributed by atoms with Crippen molar-refractivity contribution in [1.82, 2.24) is 10.6 Å². The summed E-state index contributed by atoms with van der Waals surface area (Å²) >= 11 is 3.32. The third-order valence-corrected chi connectivity index (χ3v) is 4.98. The summed E-state index contributed by atoms with van der Waals surface area (Å²) in [4.78, 5) is 48.9. The Kier molecular flexibility index (Phi) is 10.3. The van der Waals surface area contributed by atoms with Crippen LogP contribution in [0.2, 0.25) is 0 Å². The summed E-state index contributed by atoms with van der Waals surface area (Å²) in [6.45, 7) is 6.65. The van der Waals surface area contributed by atoms with Crippen molar-refractivity contribution in [2.75, 3.05) is 25.1 Å². The van der Waals surface area contributed by atoms with Gasteiger partial charge in [0.2, 0.25) is 5.91 Å². The zero-order valence-corrected chi connectivity index (χ0v) is 20.4. The second-order valence-corrected chi connectivity index (χ2v) is 8.07. The lowest BCUT2D eigenvalue weighted by Crippen LogP contribution is -2.43. The van der Waals surface area contributed by atoms with Gasteiger partial charge in [0, 0.05) is 15.7 Å². The van der Waals surface area contributed by atoms with Crippen LogP contribution in [-0.2, 0) is 23.9 Å². The number of anilines is 1. The molecule has 0 aromatic heterocycles. The first-order valence-electron chi connectivity index (χ1n) is 10.4. The molecule has 0 aliphatic carbocycles. The van der Waals surface area contributed by atoms with Crippen LogP contribution in [0.5, 0.6) is 0 Å². The number of esters is 1. The number of rotatable bonds is 10. The fourth-order valence-electron chi connectivity index (χ4n) is 2.67. The first-order valence-corrected chi connectivity index (χ1v) is 11.2. The molecule has 2 aromatic carbocycles. The molecular weight excluding hydrogens is 506 g/mol. The number of ether oxygens (including phenoxy) is 2. The van der Waals surface area contributed by atoms with Crippen LogP contribution in [0, 0.1) is 6.92 Å². The summed E-state index contributed by atoms with van der Waals surface area (Å²) < 4.78 is 10.6. The Morgan fingerprint density at radius 3 is 2.26 bits per heavy atom. The number of nitrogens with one attached hydrogen (secondary N) is 3. The number of halogens is 1. The highest BCUT2D eigenvalue weighted by Gasteiger charge is 2.24. The van der Waals surface area contributed by atoms with Gasteiger partial charge in [0.05, 0.1) is 6.61 Å². The van der Waals surface area contributed by atoms with Crippen LogP contribution in [0.15, 0.2) is 65.2 Å². The van der Waals surface area contributed by atoms with Gasteiger partial charge in [-0.2, -0.15) is 0 Å². The monoisotopic (exact) mass is 531 g/mol. The van der Waals surface area contributed by atoms with E-state index in [9.17, 15) is 19.2 Å². The number of benzene rings is 2. The molecule has 1 unspecified atom stereocenters. The average Bonchev–Trinajstić information content (AvgIpc) is 2.81. The summed E-state index contributed by atoms with van der Waals surface area (Å²) in [6, 6.07) is 12.7. The number of amides is 3. The lowest BCUT2D eigenvalue weighted by atomic mass is 10.1. The van der Waals surface area contributed by atoms with Gasteiger partial charge >= 0.3 is 12.1 Å². The molecule has 34 heavy (non-hydrogen) atoms. The van der Waals surface area contributed by atoms with E-state index in [1.165, 1.54) is 0 Å². The average molecular weight is 532 g/mol. The van der Waals surface area contributed by atoms with Gasteiger partial charge in [-0.15, -0.1) is 0 Å². The van der Waals surface area contributed by atoms with Gasteiger partial charge in [0.25, 0.3) is 5.91 Å². The highest BCUT2D eigenvalue weighted by atomic mass is 79.9. The van der Waals surface area contributed by atoms with E-state index in [0.717, 1.165) is 10.0 Å². The summed E-state index contributed by atoms with van der Waals surface area (Å²) in [5.74, 6) is -1.91. The van der Waals surface area contributed by atoms with Crippen molar-refractivity contribution in [1.29, 1.82) is 0 Å². The number of carbonyl (C=O) groups excluding carboxylic acids is 4. The fraction of sp³-hybridized carbons (Fsp3) is 0.250. The summed E-state index contributed by atoms with van der Waals surface area (Å²) in [7, 11) is 0. The van der Waals surface area contributed by atoms with Crippen LogP contribution in [0.25, 0.3) is 0 Å². The highest BCUT2D eigenvalue weighted by molar-refractivity contribution is 9.10. The number of hydrogen-bond acceptors (Lipinski definition) is 6. The molecule has 2 rings (SSSR count). The highest BCUT2D eigenvalue weighted by Crippen LogP contribution is 2.18. The molecule has 0 bridgehead atoms. The molecule has 180 valence electrons. The topological polar surface area (TPSA) is 123 Å². The predicted molar refractivity (Wildman–Crippen MR) is 130 cm³/mol. The van der Waals surface area contributed by atoms with E-state index in [1.807, 2.05) is 19.1 Å². The molecule has 0 aliphatic rings. The zero-order chi connectivity index (χ0) is 25.1. The molecule has 3 N–H and O–H groups in total. The van der Waals surface area contributed by atoms with Crippen molar-refractivity contribution in [3.05, 3.63) is 76.3 Å². The molecule has 0 radical (unpaired) electrons. The SMILES string of the molecule is C=C(COC(=O)Nc1ccc(C)cc1)C(=O)NC(C(=O)NCC(=O)OCC)c1ccc(Br)cc1. The lowest BCUT2D eigenvalue weighted by Gasteiger charge is -2.19. The van der Waals surface area contributed by atoms with Gasteiger partial charge in [-0.3, -0.25) is 19.7 Å². The van der Waals surface area contributed by atoms with Crippen molar-refractivity contribution in [3.8, 4) is 0 Å². The molecule has 0 saturated heterocycles. The van der Waals surface area contributed by atoms with Crippen LogP contribution in [-0.4, -0.2) is 43.6 Å². The Bertz CT molecular complexity index is 1040. The van der Waals surface area contributed by atoms with Crippen molar-refractivity contribution in [3.63, 3.8) is 0 Å². The van der Waals surface area contributed by atoms with Crippen molar-refractivity contribution < 1.29 is 28.7 Å². The maximum atomic E-state index is 12.7.